The third-order valence-electron chi connectivity index (χ3n) is 3.89. The SMILES string of the molecule is COCCC1(C(=O)N[C@H](CC(C)C)C(=O)O)CCC1. The number of ether oxygens (including phenoxy) is 1. The van der Waals surface area contributed by atoms with Crippen LogP contribution in [-0.4, -0.2) is 36.7 Å². The van der Waals surface area contributed by atoms with E-state index in [-0.39, 0.29) is 11.8 Å². The van der Waals surface area contributed by atoms with E-state index in [1.807, 2.05) is 13.8 Å². The van der Waals surface area contributed by atoms with Crippen LogP contribution in [0.1, 0.15) is 46.0 Å². The Morgan fingerprint density at radius 1 is 1.37 bits per heavy atom. The largest absolute Gasteiger partial charge is 0.480 e. The molecule has 1 rings (SSSR count). The highest BCUT2D eigenvalue weighted by Crippen LogP contribution is 2.44. The molecular formula is C14H25NO4. The van der Waals surface area contributed by atoms with Crippen molar-refractivity contribution in [1.29, 1.82) is 0 Å². The number of carboxylic acid groups (broad SMARTS) is 1. The summed E-state index contributed by atoms with van der Waals surface area (Å²) in [6.45, 7) is 4.44. The minimum atomic E-state index is -0.955. The molecule has 1 fully saturated rings. The predicted molar refractivity (Wildman–Crippen MR) is 71.8 cm³/mol. The molecule has 5 heteroatoms. The average Bonchev–Trinajstić information content (AvgIpc) is 2.26. The van der Waals surface area contributed by atoms with Crippen LogP contribution in [0.2, 0.25) is 0 Å². The Hall–Kier alpha value is -1.10. The van der Waals surface area contributed by atoms with Crippen LogP contribution in [-0.2, 0) is 14.3 Å². The molecule has 1 aliphatic carbocycles. The lowest BCUT2D eigenvalue weighted by Gasteiger charge is -2.40. The van der Waals surface area contributed by atoms with Gasteiger partial charge in [0.15, 0.2) is 0 Å². The van der Waals surface area contributed by atoms with Crippen molar-refractivity contribution in [3.05, 3.63) is 0 Å². The zero-order valence-electron chi connectivity index (χ0n) is 12.1. The number of hydrogen-bond donors (Lipinski definition) is 2. The average molecular weight is 271 g/mol. The Morgan fingerprint density at radius 2 is 2.00 bits per heavy atom. The van der Waals surface area contributed by atoms with Crippen LogP contribution < -0.4 is 5.32 Å². The van der Waals surface area contributed by atoms with Gasteiger partial charge in [0.25, 0.3) is 0 Å². The van der Waals surface area contributed by atoms with Gasteiger partial charge < -0.3 is 15.2 Å². The lowest BCUT2D eigenvalue weighted by Crippen LogP contribution is -2.52. The van der Waals surface area contributed by atoms with Crippen molar-refractivity contribution in [3.8, 4) is 0 Å². The quantitative estimate of drug-likeness (QED) is 0.706. The third-order valence-corrected chi connectivity index (χ3v) is 3.89. The molecular weight excluding hydrogens is 246 g/mol. The van der Waals surface area contributed by atoms with Crippen molar-refractivity contribution >= 4 is 11.9 Å². The van der Waals surface area contributed by atoms with Crippen molar-refractivity contribution in [2.45, 2.75) is 52.0 Å². The zero-order chi connectivity index (χ0) is 14.5. The molecule has 0 spiro atoms. The molecule has 0 aromatic heterocycles. The zero-order valence-corrected chi connectivity index (χ0v) is 12.1. The van der Waals surface area contributed by atoms with Gasteiger partial charge in [-0.1, -0.05) is 20.3 Å². The van der Waals surface area contributed by atoms with Crippen LogP contribution in [0.25, 0.3) is 0 Å². The van der Waals surface area contributed by atoms with E-state index in [0.717, 1.165) is 19.3 Å². The van der Waals surface area contributed by atoms with Crippen LogP contribution in [0, 0.1) is 11.3 Å². The molecule has 0 radical (unpaired) electrons. The number of carbonyl (C=O) groups excluding carboxylic acids is 1. The number of rotatable bonds is 8. The molecule has 2 N–H and O–H groups in total. The predicted octanol–water partition coefficient (Wildman–Crippen LogP) is 1.81. The Kier molecular flexibility index (Phi) is 5.79. The van der Waals surface area contributed by atoms with Crippen LogP contribution in [0.5, 0.6) is 0 Å². The first kappa shape index (κ1) is 16.0. The minimum Gasteiger partial charge on any atom is -0.480 e. The summed E-state index contributed by atoms with van der Waals surface area (Å²) in [6, 6.07) is -0.785. The lowest BCUT2D eigenvalue weighted by atomic mass is 9.66. The second-order valence-electron chi connectivity index (χ2n) is 5.87. The normalized spacial score (nSPS) is 18.7. The molecule has 0 bridgehead atoms. The van der Waals surface area contributed by atoms with Crippen LogP contribution in [0.4, 0.5) is 0 Å². The topological polar surface area (TPSA) is 75.6 Å². The molecule has 1 amide bonds. The maximum absolute atomic E-state index is 12.3. The minimum absolute atomic E-state index is 0.121. The number of carbonyl (C=O) groups is 2. The van der Waals surface area contributed by atoms with Gasteiger partial charge in [-0.25, -0.2) is 4.79 Å². The summed E-state index contributed by atoms with van der Waals surface area (Å²) in [7, 11) is 1.61. The molecule has 0 aromatic rings. The molecule has 110 valence electrons. The Labute approximate surface area is 114 Å². The van der Waals surface area contributed by atoms with Crippen molar-refractivity contribution < 1.29 is 19.4 Å². The van der Waals surface area contributed by atoms with Crippen molar-refractivity contribution in [1.82, 2.24) is 5.32 Å². The smallest absolute Gasteiger partial charge is 0.326 e. The summed E-state index contributed by atoms with van der Waals surface area (Å²) in [5.41, 5.74) is -0.402. The van der Waals surface area contributed by atoms with E-state index >= 15 is 0 Å². The van der Waals surface area contributed by atoms with Crippen molar-refractivity contribution in [2.75, 3.05) is 13.7 Å². The molecule has 5 nitrogen and oxygen atoms in total. The maximum atomic E-state index is 12.3. The van der Waals surface area contributed by atoms with Gasteiger partial charge in [0.1, 0.15) is 6.04 Å². The van der Waals surface area contributed by atoms with Crippen LogP contribution in [0.3, 0.4) is 0 Å². The number of hydrogen-bond acceptors (Lipinski definition) is 3. The molecule has 1 atom stereocenters. The summed E-state index contributed by atoms with van der Waals surface area (Å²) in [5.74, 6) is -0.843. The second kappa shape index (κ2) is 6.89. The van der Waals surface area contributed by atoms with E-state index in [1.165, 1.54) is 0 Å². The molecule has 0 unspecified atom stereocenters. The Bertz CT molecular complexity index is 323. The van der Waals surface area contributed by atoms with Gasteiger partial charge in [0.05, 0.1) is 5.41 Å². The third kappa shape index (κ3) is 4.20. The molecule has 0 heterocycles. The van der Waals surface area contributed by atoms with Gasteiger partial charge in [0, 0.05) is 13.7 Å². The number of nitrogens with one attached hydrogen (secondary N) is 1. The van der Waals surface area contributed by atoms with Gasteiger partial charge in [0.2, 0.25) is 5.91 Å². The Morgan fingerprint density at radius 3 is 2.37 bits per heavy atom. The van der Waals surface area contributed by atoms with Crippen LogP contribution in [0.15, 0.2) is 0 Å². The summed E-state index contributed by atoms with van der Waals surface area (Å²) in [5, 5.41) is 11.9. The summed E-state index contributed by atoms with van der Waals surface area (Å²) in [4.78, 5) is 23.5. The summed E-state index contributed by atoms with van der Waals surface area (Å²) < 4.78 is 5.04. The van der Waals surface area contributed by atoms with Crippen molar-refractivity contribution in [3.63, 3.8) is 0 Å². The van der Waals surface area contributed by atoms with E-state index in [1.54, 1.807) is 7.11 Å². The van der Waals surface area contributed by atoms with Gasteiger partial charge in [-0.3, -0.25) is 4.79 Å². The fraction of sp³-hybridized carbons (Fsp3) is 0.857. The Balaban J connectivity index is 2.61. The van der Waals surface area contributed by atoms with Gasteiger partial charge in [-0.15, -0.1) is 0 Å². The number of aliphatic carboxylic acids is 1. The second-order valence-corrected chi connectivity index (χ2v) is 5.87. The lowest BCUT2D eigenvalue weighted by molar-refractivity contribution is -0.147. The standard InChI is InChI=1S/C14H25NO4/c1-10(2)9-11(12(16)17)15-13(18)14(5-4-6-14)7-8-19-3/h10-11H,4-9H2,1-3H3,(H,15,18)(H,16,17)/t11-/m1/s1. The van der Waals surface area contributed by atoms with Crippen LogP contribution >= 0.6 is 0 Å². The molecule has 1 aliphatic rings. The maximum Gasteiger partial charge on any atom is 0.326 e. The number of amides is 1. The highest BCUT2D eigenvalue weighted by Gasteiger charge is 2.44. The summed E-state index contributed by atoms with van der Waals surface area (Å²) in [6.07, 6.45) is 3.82. The van der Waals surface area contributed by atoms with Gasteiger partial charge in [-0.05, 0) is 31.6 Å². The fourth-order valence-corrected chi connectivity index (χ4v) is 2.50. The molecule has 0 aliphatic heterocycles. The molecule has 0 saturated heterocycles. The highest BCUT2D eigenvalue weighted by atomic mass is 16.5. The van der Waals surface area contributed by atoms with Gasteiger partial charge in [-0.2, -0.15) is 0 Å². The summed E-state index contributed by atoms with van der Waals surface area (Å²) >= 11 is 0. The monoisotopic (exact) mass is 271 g/mol. The first-order chi connectivity index (χ1) is 8.91. The molecule has 0 aromatic carbocycles. The van der Waals surface area contributed by atoms with Crippen molar-refractivity contribution in [2.24, 2.45) is 11.3 Å². The first-order valence-corrected chi connectivity index (χ1v) is 6.94. The fourth-order valence-electron chi connectivity index (χ4n) is 2.50. The molecule has 1 saturated carbocycles. The van der Waals surface area contributed by atoms with E-state index in [4.69, 9.17) is 9.84 Å². The van der Waals surface area contributed by atoms with Gasteiger partial charge >= 0.3 is 5.97 Å². The van der Waals surface area contributed by atoms with E-state index in [2.05, 4.69) is 5.32 Å². The molecule has 19 heavy (non-hydrogen) atoms. The van der Waals surface area contributed by atoms with E-state index < -0.39 is 17.4 Å². The first-order valence-electron chi connectivity index (χ1n) is 6.94. The number of carboxylic acids is 1. The number of methoxy groups -OCH3 is 1. The highest BCUT2D eigenvalue weighted by molar-refractivity contribution is 5.88. The van der Waals surface area contributed by atoms with E-state index in [0.29, 0.717) is 19.4 Å². The van der Waals surface area contributed by atoms with E-state index in [9.17, 15) is 9.59 Å².